The SMILES string of the molecule is [B][C@@](F)(CC)OC(CO)CO. The van der Waals surface area contributed by atoms with Crippen molar-refractivity contribution < 1.29 is 19.3 Å². The molecule has 0 aliphatic carbocycles. The summed E-state index contributed by atoms with van der Waals surface area (Å²) >= 11 is 0. The van der Waals surface area contributed by atoms with Crippen molar-refractivity contribution >= 4 is 7.85 Å². The molecule has 3 nitrogen and oxygen atoms in total. The Hall–Kier alpha value is -0.125. The number of ether oxygens (including phenoxy) is 1. The van der Waals surface area contributed by atoms with Gasteiger partial charge in [-0.25, -0.2) is 4.39 Å². The minimum Gasteiger partial charge on any atom is -0.394 e. The van der Waals surface area contributed by atoms with Crippen LogP contribution in [-0.4, -0.2) is 43.1 Å². The van der Waals surface area contributed by atoms with Gasteiger partial charge in [-0.1, -0.05) is 6.92 Å². The number of halogens is 1. The third kappa shape index (κ3) is 4.34. The van der Waals surface area contributed by atoms with E-state index in [2.05, 4.69) is 4.74 Å². The van der Waals surface area contributed by atoms with Crippen LogP contribution in [0.2, 0.25) is 0 Å². The zero-order chi connectivity index (χ0) is 8.91. The molecule has 5 heteroatoms. The molecular weight excluding hydrogens is 150 g/mol. The van der Waals surface area contributed by atoms with Gasteiger partial charge in [-0.15, -0.1) is 0 Å². The number of alkyl halides is 1. The van der Waals surface area contributed by atoms with Crippen LogP contribution in [0.3, 0.4) is 0 Å². The van der Waals surface area contributed by atoms with E-state index < -0.39 is 25.1 Å². The maximum Gasteiger partial charge on any atom is 0.161 e. The van der Waals surface area contributed by atoms with Crippen molar-refractivity contribution in [2.45, 2.75) is 25.2 Å². The number of hydrogen-bond acceptors (Lipinski definition) is 3. The Kier molecular flexibility index (Phi) is 4.64. The standard InChI is InChI=1S/C6H12BFO3/c1-2-6(7,8)11-5(3-9)4-10/h5,9-10H,2-4H2,1H3/t6-/m1/s1. The molecule has 2 radical (unpaired) electrons. The molecule has 0 heterocycles. The van der Waals surface area contributed by atoms with Gasteiger partial charge in [0.05, 0.1) is 13.2 Å². The molecule has 1 atom stereocenters. The van der Waals surface area contributed by atoms with Crippen molar-refractivity contribution in [2.75, 3.05) is 13.2 Å². The van der Waals surface area contributed by atoms with Crippen molar-refractivity contribution in [1.82, 2.24) is 0 Å². The first-order valence-corrected chi connectivity index (χ1v) is 3.43. The van der Waals surface area contributed by atoms with Gasteiger partial charge in [-0.05, 0) is 6.42 Å². The molecule has 0 fully saturated rings. The average molecular weight is 162 g/mol. The molecule has 0 amide bonds. The highest BCUT2D eigenvalue weighted by Crippen LogP contribution is 2.14. The molecule has 0 bridgehead atoms. The Morgan fingerprint density at radius 2 is 2.00 bits per heavy atom. The summed E-state index contributed by atoms with van der Waals surface area (Å²) in [6.07, 6.45) is -0.964. The van der Waals surface area contributed by atoms with E-state index in [1.807, 2.05) is 0 Å². The van der Waals surface area contributed by atoms with Crippen LogP contribution >= 0.6 is 0 Å². The van der Waals surface area contributed by atoms with E-state index in [9.17, 15) is 4.39 Å². The van der Waals surface area contributed by atoms with Gasteiger partial charge in [0.1, 0.15) is 6.10 Å². The van der Waals surface area contributed by atoms with E-state index in [-0.39, 0.29) is 6.42 Å². The second-order valence-corrected chi connectivity index (χ2v) is 2.24. The molecule has 64 valence electrons. The summed E-state index contributed by atoms with van der Waals surface area (Å²) in [7, 11) is 4.96. The van der Waals surface area contributed by atoms with E-state index in [1.54, 1.807) is 0 Å². The Balaban J connectivity index is 3.79. The van der Waals surface area contributed by atoms with Crippen LogP contribution in [0.5, 0.6) is 0 Å². The smallest absolute Gasteiger partial charge is 0.161 e. The minimum atomic E-state index is -2.25. The second kappa shape index (κ2) is 4.69. The molecule has 0 aromatic rings. The lowest BCUT2D eigenvalue weighted by Gasteiger charge is -2.24. The van der Waals surface area contributed by atoms with Crippen LogP contribution in [0.15, 0.2) is 0 Å². The highest BCUT2D eigenvalue weighted by molar-refractivity contribution is 6.13. The van der Waals surface area contributed by atoms with Gasteiger partial charge < -0.3 is 14.9 Å². The zero-order valence-electron chi connectivity index (χ0n) is 6.46. The highest BCUT2D eigenvalue weighted by atomic mass is 19.2. The van der Waals surface area contributed by atoms with E-state index in [0.717, 1.165) is 0 Å². The van der Waals surface area contributed by atoms with E-state index in [0.29, 0.717) is 0 Å². The number of aliphatic hydroxyl groups is 2. The Morgan fingerprint density at radius 3 is 2.27 bits per heavy atom. The van der Waals surface area contributed by atoms with E-state index in [1.165, 1.54) is 6.92 Å². The van der Waals surface area contributed by atoms with Crippen molar-refractivity contribution in [3.63, 3.8) is 0 Å². The van der Waals surface area contributed by atoms with Crippen LogP contribution in [0.25, 0.3) is 0 Å². The maximum absolute atomic E-state index is 12.8. The van der Waals surface area contributed by atoms with Crippen LogP contribution in [0.4, 0.5) is 4.39 Å². The first-order chi connectivity index (χ1) is 5.05. The second-order valence-electron chi connectivity index (χ2n) is 2.24. The Morgan fingerprint density at radius 1 is 1.55 bits per heavy atom. The predicted octanol–water partition coefficient (Wildman–Crippen LogP) is -0.442. The van der Waals surface area contributed by atoms with Crippen LogP contribution in [0, 0.1) is 0 Å². The van der Waals surface area contributed by atoms with Crippen LogP contribution in [0.1, 0.15) is 13.3 Å². The fraction of sp³-hybridized carbons (Fsp3) is 1.00. The van der Waals surface area contributed by atoms with E-state index >= 15 is 0 Å². The molecule has 0 unspecified atom stereocenters. The summed E-state index contributed by atoms with van der Waals surface area (Å²) in [6, 6.07) is 0. The third-order valence-corrected chi connectivity index (χ3v) is 1.25. The first kappa shape index (κ1) is 10.9. The van der Waals surface area contributed by atoms with Crippen molar-refractivity contribution in [1.29, 1.82) is 0 Å². The average Bonchev–Trinajstić information content (AvgIpc) is 2.00. The van der Waals surface area contributed by atoms with Gasteiger partial charge in [0.15, 0.2) is 13.6 Å². The summed E-state index contributed by atoms with van der Waals surface area (Å²) in [5.41, 5.74) is 0. The fourth-order valence-electron chi connectivity index (χ4n) is 0.493. The quantitative estimate of drug-likeness (QED) is 0.538. The number of aliphatic hydroxyl groups excluding tert-OH is 2. The first-order valence-electron chi connectivity index (χ1n) is 3.43. The molecule has 0 spiro atoms. The molecule has 0 aliphatic rings. The fourth-order valence-corrected chi connectivity index (χ4v) is 0.493. The van der Waals surface area contributed by atoms with Gasteiger partial charge >= 0.3 is 0 Å². The Labute approximate surface area is 66.6 Å². The molecular formula is C6H12BFO3. The zero-order valence-corrected chi connectivity index (χ0v) is 6.46. The predicted molar refractivity (Wildman–Crippen MR) is 38.9 cm³/mol. The molecule has 0 saturated heterocycles. The highest BCUT2D eigenvalue weighted by Gasteiger charge is 2.24. The molecule has 0 aromatic carbocycles. The van der Waals surface area contributed by atoms with Gasteiger partial charge in [0.25, 0.3) is 0 Å². The summed E-state index contributed by atoms with van der Waals surface area (Å²) in [6.45, 7) is 0.616. The van der Waals surface area contributed by atoms with Gasteiger partial charge in [-0.2, -0.15) is 0 Å². The summed E-state index contributed by atoms with van der Waals surface area (Å²) in [5.74, 6) is -2.25. The largest absolute Gasteiger partial charge is 0.394 e. The van der Waals surface area contributed by atoms with Gasteiger partial charge in [-0.3, -0.25) is 0 Å². The summed E-state index contributed by atoms with van der Waals surface area (Å²) < 4.78 is 17.3. The summed E-state index contributed by atoms with van der Waals surface area (Å²) in [4.78, 5) is 0. The van der Waals surface area contributed by atoms with Crippen molar-refractivity contribution in [3.05, 3.63) is 0 Å². The van der Waals surface area contributed by atoms with Gasteiger partial charge in [0, 0.05) is 0 Å². The molecule has 0 aliphatic heterocycles. The maximum atomic E-state index is 12.8. The molecule has 11 heavy (non-hydrogen) atoms. The summed E-state index contributed by atoms with van der Waals surface area (Å²) in [5, 5.41) is 17.0. The molecule has 0 rings (SSSR count). The molecule has 0 aromatic heterocycles. The van der Waals surface area contributed by atoms with E-state index in [4.69, 9.17) is 18.1 Å². The number of hydrogen-bond donors (Lipinski definition) is 2. The van der Waals surface area contributed by atoms with Crippen LogP contribution < -0.4 is 0 Å². The number of rotatable bonds is 5. The lowest BCUT2D eigenvalue weighted by atomic mass is 9.94. The topological polar surface area (TPSA) is 49.7 Å². The molecule has 0 saturated carbocycles. The lowest BCUT2D eigenvalue weighted by Crippen LogP contribution is -2.35. The van der Waals surface area contributed by atoms with Gasteiger partial charge in [0.2, 0.25) is 0 Å². The lowest BCUT2D eigenvalue weighted by molar-refractivity contribution is -0.146. The monoisotopic (exact) mass is 162 g/mol. The van der Waals surface area contributed by atoms with Crippen molar-refractivity contribution in [2.24, 2.45) is 0 Å². The minimum absolute atomic E-state index is 0.0243. The molecule has 2 N–H and O–H groups in total. The van der Waals surface area contributed by atoms with Crippen molar-refractivity contribution in [3.8, 4) is 0 Å². The van der Waals surface area contributed by atoms with Crippen LogP contribution in [-0.2, 0) is 4.74 Å². The normalized spacial score (nSPS) is 16.8. The Bertz CT molecular complexity index is 106. The third-order valence-electron chi connectivity index (χ3n) is 1.25.